The Hall–Kier alpha value is -2.77. The van der Waals surface area contributed by atoms with Gasteiger partial charge in [0, 0.05) is 40.6 Å². The maximum atomic E-state index is 14.3. The number of carboxylic acid groups (broad SMARTS) is 1. The van der Waals surface area contributed by atoms with Crippen LogP contribution in [0.25, 0.3) is 0 Å². The molecule has 0 unspecified atom stereocenters. The maximum absolute atomic E-state index is 14.3. The second-order valence-corrected chi connectivity index (χ2v) is 12.2. The van der Waals surface area contributed by atoms with E-state index >= 15 is 0 Å². The van der Waals surface area contributed by atoms with Gasteiger partial charge in [0.1, 0.15) is 17.5 Å². The Morgan fingerprint density at radius 2 is 1.69 bits per heavy atom. The number of amides is 1. The Morgan fingerprint density at radius 3 is 2.31 bits per heavy atom. The quantitative estimate of drug-likeness (QED) is 0.409. The Bertz CT molecular complexity index is 1170. The molecule has 0 bridgehead atoms. The van der Waals surface area contributed by atoms with Crippen LogP contribution >= 0.6 is 11.6 Å². The number of hydrogen-bond acceptors (Lipinski definition) is 5. The number of rotatable bonds is 8. The van der Waals surface area contributed by atoms with E-state index in [1.54, 1.807) is 25.2 Å². The number of likely N-dealkylation sites (tertiary alicyclic amines) is 1. The first kappa shape index (κ1) is 29.2. The molecule has 0 aromatic heterocycles. The summed E-state index contributed by atoms with van der Waals surface area (Å²) in [5.41, 5.74) is 1.24. The number of ether oxygens (including phenoxy) is 2. The van der Waals surface area contributed by atoms with Crippen molar-refractivity contribution in [2.75, 3.05) is 14.2 Å². The highest BCUT2D eigenvalue weighted by atomic mass is 35.5. The van der Waals surface area contributed by atoms with Crippen LogP contribution in [0.1, 0.15) is 70.0 Å². The average Bonchev–Trinajstić information content (AvgIpc) is 3.28. The first-order chi connectivity index (χ1) is 18.6. The number of benzene rings is 2. The summed E-state index contributed by atoms with van der Waals surface area (Å²) in [6.07, 6.45) is 4.66. The largest absolute Gasteiger partial charge is 0.496 e. The molecule has 2 aliphatic rings. The highest BCUT2D eigenvalue weighted by molar-refractivity contribution is 6.30. The highest BCUT2D eigenvalue weighted by Gasteiger charge is 2.58. The van der Waals surface area contributed by atoms with Crippen molar-refractivity contribution in [3.05, 3.63) is 58.6 Å². The van der Waals surface area contributed by atoms with Crippen LogP contribution < -0.4 is 14.8 Å². The van der Waals surface area contributed by atoms with Gasteiger partial charge in [-0.25, -0.2) is 4.79 Å². The van der Waals surface area contributed by atoms with Gasteiger partial charge in [-0.1, -0.05) is 69.8 Å². The molecule has 4 rings (SSSR count). The van der Waals surface area contributed by atoms with Gasteiger partial charge < -0.3 is 24.8 Å². The lowest BCUT2D eigenvalue weighted by molar-refractivity contribution is -0.154. The number of para-hydroxylation sites is 1. The van der Waals surface area contributed by atoms with E-state index in [1.807, 2.05) is 36.4 Å². The summed E-state index contributed by atoms with van der Waals surface area (Å²) in [5.74, 6) is -0.293. The summed E-state index contributed by atoms with van der Waals surface area (Å²) in [6, 6.07) is 11.2. The SMILES string of the molecule is COc1ccc(Cl)cc1CN[C@H]1[C@H](C(C)(C)C)[C@@H](C(=O)O)N(C(=O)C2CCCCC2)[C@H]1c1ccccc1OC. The van der Waals surface area contributed by atoms with Crippen LogP contribution in [-0.2, 0) is 16.1 Å². The van der Waals surface area contributed by atoms with Gasteiger partial charge in [-0.05, 0) is 42.5 Å². The van der Waals surface area contributed by atoms with Crippen molar-refractivity contribution in [3.8, 4) is 11.5 Å². The Labute approximate surface area is 236 Å². The van der Waals surface area contributed by atoms with E-state index in [2.05, 4.69) is 26.1 Å². The van der Waals surface area contributed by atoms with Crippen LogP contribution in [0.15, 0.2) is 42.5 Å². The summed E-state index contributed by atoms with van der Waals surface area (Å²) in [7, 11) is 3.22. The second-order valence-electron chi connectivity index (χ2n) is 11.8. The minimum Gasteiger partial charge on any atom is -0.496 e. The number of nitrogens with zero attached hydrogens (tertiary/aromatic N) is 1. The standard InChI is InChI=1S/C31H41ClN2O5/c1-31(2,3)25-26(33-18-20-17-21(32)15-16-23(20)38-4)27(22-13-9-10-14-24(22)39-5)34(28(25)30(36)37)29(35)19-11-7-6-8-12-19/h9-10,13-17,19,25-28,33H,6-8,11-12,18H2,1-5H3,(H,36,37)/t25-,26-,27-,28-/m0/s1. The molecule has 4 atom stereocenters. The van der Waals surface area contributed by atoms with Crippen LogP contribution in [0.5, 0.6) is 11.5 Å². The van der Waals surface area contributed by atoms with Crippen molar-refractivity contribution in [1.29, 1.82) is 0 Å². The number of carbonyl (C=O) groups is 2. The lowest BCUT2D eigenvalue weighted by Crippen LogP contribution is -2.49. The predicted molar refractivity (Wildman–Crippen MR) is 152 cm³/mol. The molecule has 1 aliphatic heterocycles. The number of halogens is 1. The molecule has 1 amide bonds. The van der Waals surface area contributed by atoms with E-state index < -0.39 is 23.5 Å². The van der Waals surface area contributed by atoms with Gasteiger partial charge in [-0.3, -0.25) is 4.79 Å². The van der Waals surface area contributed by atoms with Crippen molar-refractivity contribution >= 4 is 23.5 Å². The summed E-state index contributed by atoms with van der Waals surface area (Å²) < 4.78 is 11.3. The number of aliphatic carboxylic acids is 1. The number of carboxylic acids is 1. The zero-order chi connectivity index (χ0) is 28.3. The molecule has 212 valence electrons. The van der Waals surface area contributed by atoms with E-state index in [9.17, 15) is 14.7 Å². The van der Waals surface area contributed by atoms with Gasteiger partial charge >= 0.3 is 5.97 Å². The highest BCUT2D eigenvalue weighted by Crippen LogP contribution is 2.51. The minimum atomic E-state index is -0.993. The maximum Gasteiger partial charge on any atom is 0.326 e. The van der Waals surface area contributed by atoms with Gasteiger partial charge in [-0.2, -0.15) is 0 Å². The lowest BCUT2D eigenvalue weighted by atomic mass is 9.72. The van der Waals surface area contributed by atoms with E-state index in [0.29, 0.717) is 23.1 Å². The topological polar surface area (TPSA) is 88.1 Å². The molecule has 8 heteroatoms. The molecule has 2 aromatic carbocycles. The normalized spacial score (nSPS) is 24.0. The molecule has 0 radical (unpaired) electrons. The fourth-order valence-electron chi connectivity index (χ4n) is 6.64. The fourth-order valence-corrected chi connectivity index (χ4v) is 6.83. The molecule has 2 aromatic rings. The van der Waals surface area contributed by atoms with E-state index in [1.165, 1.54) is 0 Å². The van der Waals surface area contributed by atoms with Crippen molar-refractivity contribution in [2.24, 2.45) is 17.3 Å². The van der Waals surface area contributed by atoms with Gasteiger partial charge in [0.2, 0.25) is 5.91 Å². The predicted octanol–water partition coefficient (Wildman–Crippen LogP) is 6.09. The Morgan fingerprint density at radius 1 is 1.03 bits per heavy atom. The van der Waals surface area contributed by atoms with E-state index in [-0.39, 0.29) is 23.8 Å². The summed E-state index contributed by atoms with van der Waals surface area (Å²) in [5, 5.41) is 15.0. The molecule has 1 saturated carbocycles. The Kier molecular flexibility index (Phi) is 9.12. The monoisotopic (exact) mass is 556 g/mol. The van der Waals surface area contributed by atoms with E-state index in [4.69, 9.17) is 21.1 Å². The van der Waals surface area contributed by atoms with Gasteiger partial charge in [0.15, 0.2) is 0 Å². The van der Waals surface area contributed by atoms with Crippen LogP contribution in [0.2, 0.25) is 5.02 Å². The number of hydrogen-bond donors (Lipinski definition) is 2. The summed E-state index contributed by atoms with van der Waals surface area (Å²) >= 11 is 6.32. The van der Waals surface area contributed by atoms with Gasteiger partial charge in [0.25, 0.3) is 0 Å². The first-order valence-electron chi connectivity index (χ1n) is 13.8. The van der Waals surface area contributed by atoms with Crippen LogP contribution in [0.3, 0.4) is 0 Å². The van der Waals surface area contributed by atoms with Crippen LogP contribution in [0, 0.1) is 17.3 Å². The molecule has 39 heavy (non-hydrogen) atoms. The van der Waals surface area contributed by atoms with Crippen LogP contribution in [0.4, 0.5) is 0 Å². The zero-order valence-corrected chi connectivity index (χ0v) is 24.3. The second kappa shape index (κ2) is 12.2. The van der Waals surface area contributed by atoms with Crippen molar-refractivity contribution < 1.29 is 24.2 Å². The first-order valence-corrected chi connectivity index (χ1v) is 14.2. The average molecular weight is 557 g/mol. The number of methoxy groups -OCH3 is 2. The molecule has 2 N–H and O–H groups in total. The van der Waals surface area contributed by atoms with Gasteiger partial charge in [-0.15, -0.1) is 0 Å². The molecule has 1 saturated heterocycles. The molecular weight excluding hydrogens is 516 g/mol. The van der Waals surface area contributed by atoms with Crippen molar-refractivity contribution in [2.45, 2.75) is 77.5 Å². The molecule has 1 aliphatic carbocycles. The molecule has 7 nitrogen and oxygen atoms in total. The third-order valence-corrected chi connectivity index (χ3v) is 8.59. The zero-order valence-electron chi connectivity index (χ0n) is 23.6. The van der Waals surface area contributed by atoms with E-state index in [0.717, 1.165) is 43.2 Å². The summed E-state index contributed by atoms with van der Waals surface area (Å²) in [6.45, 7) is 6.55. The third-order valence-electron chi connectivity index (χ3n) is 8.36. The number of nitrogens with one attached hydrogen (secondary N) is 1. The molecule has 2 fully saturated rings. The van der Waals surface area contributed by atoms with Gasteiger partial charge in [0.05, 0.1) is 20.3 Å². The summed E-state index contributed by atoms with van der Waals surface area (Å²) in [4.78, 5) is 29.0. The molecule has 1 heterocycles. The minimum absolute atomic E-state index is 0.0723. The Balaban J connectivity index is 1.86. The third kappa shape index (κ3) is 6.04. The smallest absolute Gasteiger partial charge is 0.326 e. The fraction of sp³-hybridized carbons (Fsp3) is 0.548. The molecular formula is C31H41ClN2O5. The number of carbonyl (C=O) groups excluding carboxylic acids is 1. The van der Waals surface area contributed by atoms with Crippen molar-refractivity contribution in [1.82, 2.24) is 10.2 Å². The lowest BCUT2D eigenvalue weighted by Gasteiger charge is -2.36. The van der Waals surface area contributed by atoms with Crippen molar-refractivity contribution in [3.63, 3.8) is 0 Å². The van der Waals surface area contributed by atoms with Crippen LogP contribution in [-0.4, -0.2) is 48.2 Å². The molecule has 0 spiro atoms.